The normalized spacial score (nSPS) is 15.1. The van der Waals surface area contributed by atoms with Crippen molar-refractivity contribution in [1.29, 1.82) is 0 Å². The molecule has 4 rings (SSSR count). The number of rotatable bonds is 8. The number of amides is 3. The summed E-state index contributed by atoms with van der Waals surface area (Å²) in [7, 11) is -3.74. The highest BCUT2D eigenvalue weighted by Crippen LogP contribution is 2.33. The maximum Gasteiger partial charge on any atom is 0.408 e. The Kier molecular flexibility index (Phi) is 8.32. The number of halogens is 1. The summed E-state index contributed by atoms with van der Waals surface area (Å²) < 4.78 is 31.1. The van der Waals surface area contributed by atoms with E-state index in [4.69, 9.17) is 10.5 Å². The Bertz CT molecular complexity index is 1470. The fourth-order valence-electron chi connectivity index (χ4n) is 3.87. The maximum absolute atomic E-state index is 13.2. The van der Waals surface area contributed by atoms with Crippen molar-refractivity contribution in [3.8, 4) is 0 Å². The van der Waals surface area contributed by atoms with Crippen molar-refractivity contribution in [2.45, 2.75) is 25.5 Å². The van der Waals surface area contributed by atoms with E-state index in [-0.39, 0.29) is 30.9 Å². The van der Waals surface area contributed by atoms with Gasteiger partial charge in [-0.2, -0.15) is 0 Å². The summed E-state index contributed by atoms with van der Waals surface area (Å²) >= 11 is 3.34. The molecule has 0 saturated carbocycles. The highest BCUT2D eigenvalue weighted by atomic mass is 79.9. The smallest absolute Gasteiger partial charge is 0.408 e. The second-order valence-electron chi connectivity index (χ2n) is 8.55. The maximum atomic E-state index is 13.2. The summed E-state index contributed by atoms with van der Waals surface area (Å²) in [6.07, 6.45) is -0.839. The molecule has 3 amide bonds. The van der Waals surface area contributed by atoms with Gasteiger partial charge in [-0.3, -0.25) is 9.59 Å². The molecule has 198 valence electrons. The first-order valence-electron chi connectivity index (χ1n) is 11.6. The minimum atomic E-state index is -3.74. The molecule has 0 aromatic heterocycles. The van der Waals surface area contributed by atoms with Crippen LogP contribution in [0.25, 0.3) is 0 Å². The zero-order valence-corrected chi connectivity index (χ0v) is 22.5. The van der Waals surface area contributed by atoms with Gasteiger partial charge in [-0.15, -0.1) is 0 Å². The van der Waals surface area contributed by atoms with Crippen LogP contribution in [0.1, 0.15) is 17.5 Å². The van der Waals surface area contributed by atoms with Crippen LogP contribution in [0.2, 0.25) is 0 Å². The Hall–Kier alpha value is -3.90. The quantitative estimate of drug-likeness (QED) is 0.335. The molecule has 1 atom stereocenters. The van der Waals surface area contributed by atoms with Crippen molar-refractivity contribution in [2.24, 2.45) is 0 Å². The van der Waals surface area contributed by atoms with Crippen molar-refractivity contribution in [3.63, 3.8) is 0 Å². The molecular formula is C26H25BrN4O6S. The molecule has 10 nitrogen and oxygen atoms in total. The number of hydrogen-bond donors (Lipinski definition) is 3. The molecule has 1 heterocycles. The van der Waals surface area contributed by atoms with Crippen LogP contribution in [0.5, 0.6) is 0 Å². The van der Waals surface area contributed by atoms with Gasteiger partial charge in [0.1, 0.15) is 12.6 Å². The Morgan fingerprint density at radius 1 is 1.03 bits per heavy atom. The second kappa shape index (κ2) is 11.7. The van der Waals surface area contributed by atoms with Crippen LogP contribution in [0.15, 0.2) is 77.3 Å². The van der Waals surface area contributed by atoms with Crippen LogP contribution >= 0.6 is 15.9 Å². The number of carbonyl (C=O) groups excluding carboxylic acids is 3. The van der Waals surface area contributed by atoms with Gasteiger partial charge in [-0.1, -0.05) is 48.5 Å². The molecule has 0 radical (unpaired) electrons. The van der Waals surface area contributed by atoms with E-state index in [0.29, 0.717) is 21.4 Å². The van der Waals surface area contributed by atoms with Gasteiger partial charge in [0.25, 0.3) is 0 Å². The van der Waals surface area contributed by atoms with Gasteiger partial charge in [0.05, 0.1) is 22.8 Å². The first-order valence-corrected chi connectivity index (χ1v) is 14.0. The van der Waals surface area contributed by atoms with E-state index in [1.54, 1.807) is 48.5 Å². The van der Waals surface area contributed by atoms with Crippen molar-refractivity contribution in [3.05, 3.63) is 88.4 Å². The molecule has 0 bridgehead atoms. The number of para-hydroxylation sites is 2. The van der Waals surface area contributed by atoms with Crippen molar-refractivity contribution < 1.29 is 27.5 Å². The van der Waals surface area contributed by atoms with E-state index in [0.717, 1.165) is 9.87 Å². The van der Waals surface area contributed by atoms with Gasteiger partial charge in [0.2, 0.25) is 21.8 Å². The standard InChI is InChI=1S/C26H25BrN4O6S/c27-19-14-18(10-11-23(19)31-24(32)12-13-38(31,35)36)15-22(25(33)29-21-9-5-4-8-20(21)28)30-26(34)37-16-17-6-2-1-3-7-17/h1-11,14,22H,12-13,15-16,28H2,(H,29,33)(H,30,34)/t22-/m0/s1. The van der Waals surface area contributed by atoms with Gasteiger partial charge < -0.3 is 21.1 Å². The van der Waals surface area contributed by atoms with E-state index in [9.17, 15) is 22.8 Å². The zero-order valence-electron chi connectivity index (χ0n) is 20.1. The number of alkyl carbamates (subject to hydrolysis) is 1. The molecule has 1 fully saturated rings. The third-order valence-corrected chi connectivity index (χ3v) is 8.10. The number of ether oxygens (including phenoxy) is 1. The lowest BCUT2D eigenvalue weighted by molar-refractivity contribution is -0.118. The summed E-state index contributed by atoms with van der Waals surface area (Å²) in [6, 6.07) is 19.4. The number of nitrogens with zero attached hydrogens (tertiary/aromatic N) is 1. The van der Waals surface area contributed by atoms with Gasteiger partial charge in [-0.25, -0.2) is 17.5 Å². The Labute approximate surface area is 228 Å². The first kappa shape index (κ1) is 27.1. The Morgan fingerprint density at radius 2 is 1.74 bits per heavy atom. The predicted octanol–water partition coefficient (Wildman–Crippen LogP) is 3.57. The number of carbonyl (C=O) groups is 3. The number of hydrogen-bond acceptors (Lipinski definition) is 7. The largest absolute Gasteiger partial charge is 0.445 e. The lowest BCUT2D eigenvalue weighted by atomic mass is 10.0. The summed E-state index contributed by atoms with van der Waals surface area (Å²) in [5, 5.41) is 5.31. The number of sulfonamides is 1. The van der Waals surface area contributed by atoms with E-state index < -0.39 is 34.0 Å². The van der Waals surface area contributed by atoms with Crippen LogP contribution in [0, 0.1) is 0 Å². The van der Waals surface area contributed by atoms with E-state index in [2.05, 4.69) is 26.6 Å². The molecular weight excluding hydrogens is 576 g/mol. The van der Waals surface area contributed by atoms with Gasteiger partial charge in [-0.05, 0) is 51.3 Å². The molecule has 3 aromatic carbocycles. The molecule has 1 saturated heterocycles. The molecule has 38 heavy (non-hydrogen) atoms. The van der Waals surface area contributed by atoms with Crippen molar-refractivity contribution in [1.82, 2.24) is 5.32 Å². The first-order chi connectivity index (χ1) is 18.1. The minimum absolute atomic E-state index is 0.0191. The van der Waals surface area contributed by atoms with Gasteiger partial charge in [0.15, 0.2) is 0 Å². The van der Waals surface area contributed by atoms with Crippen LogP contribution in [-0.4, -0.2) is 38.1 Å². The predicted molar refractivity (Wildman–Crippen MR) is 147 cm³/mol. The van der Waals surface area contributed by atoms with E-state index >= 15 is 0 Å². The molecule has 3 aromatic rings. The third kappa shape index (κ3) is 6.50. The lowest BCUT2D eigenvalue weighted by Crippen LogP contribution is -2.45. The van der Waals surface area contributed by atoms with Gasteiger partial charge >= 0.3 is 6.09 Å². The average Bonchev–Trinajstić information content (AvgIpc) is 3.16. The highest BCUT2D eigenvalue weighted by molar-refractivity contribution is 9.10. The fourth-order valence-corrected chi connectivity index (χ4v) is 6.07. The number of nitrogen functional groups attached to an aromatic ring is 1. The van der Waals surface area contributed by atoms with Crippen molar-refractivity contribution in [2.75, 3.05) is 21.1 Å². The summed E-state index contributed by atoms with van der Waals surface area (Å²) in [4.78, 5) is 38.0. The monoisotopic (exact) mass is 600 g/mol. The van der Waals surface area contributed by atoms with Crippen LogP contribution in [-0.2, 0) is 37.4 Å². The number of benzene rings is 3. The van der Waals surface area contributed by atoms with Crippen LogP contribution < -0.4 is 20.7 Å². The highest BCUT2D eigenvalue weighted by Gasteiger charge is 2.37. The average molecular weight is 601 g/mol. The number of nitrogens with one attached hydrogen (secondary N) is 2. The molecule has 1 aliphatic rings. The lowest BCUT2D eigenvalue weighted by Gasteiger charge is -2.21. The zero-order chi connectivity index (χ0) is 27.3. The molecule has 0 aliphatic carbocycles. The molecule has 0 spiro atoms. The Balaban J connectivity index is 1.53. The van der Waals surface area contributed by atoms with Crippen LogP contribution in [0.4, 0.5) is 21.9 Å². The van der Waals surface area contributed by atoms with Crippen LogP contribution in [0.3, 0.4) is 0 Å². The fraction of sp³-hybridized carbons (Fsp3) is 0.192. The molecule has 4 N–H and O–H groups in total. The van der Waals surface area contributed by atoms with E-state index in [1.165, 1.54) is 6.07 Å². The summed E-state index contributed by atoms with van der Waals surface area (Å²) in [5.74, 6) is -1.30. The topological polar surface area (TPSA) is 148 Å². The minimum Gasteiger partial charge on any atom is -0.445 e. The van der Waals surface area contributed by atoms with Gasteiger partial charge in [0, 0.05) is 17.3 Å². The number of anilines is 3. The Morgan fingerprint density at radius 3 is 2.39 bits per heavy atom. The molecule has 0 unspecified atom stereocenters. The summed E-state index contributed by atoms with van der Waals surface area (Å²) in [5.41, 5.74) is 8.25. The molecule has 12 heteroatoms. The third-order valence-electron chi connectivity index (χ3n) is 5.79. The second-order valence-corrected chi connectivity index (χ2v) is 11.3. The molecule has 1 aliphatic heterocycles. The summed E-state index contributed by atoms with van der Waals surface area (Å²) in [6.45, 7) is 0.0191. The number of nitrogens with two attached hydrogens (primary N) is 1. The van der Waals surface area contributed by atoms with Crippen molar-refractivity contribution >= 4 is 60.9 Å². The van der Waals surface area contributed by atoms with E-state index in [1.807, 2.05) is 18.2 Å². The SMILES string of the molecule is Nc1ccccc1NC(=O)[C@H](Cc1ccc(N2C(=O)CCS2(=O)=O)c(Br)c1)NC(=O)OCc1ccccc1.